The van der Waals surface area contributed by atoms with Crippen molar-refractivity contribution in [3.05, 3.63) is 66.4 Å². The van der Waals surface area contributed by atoms with Gasteiger partial charge in [-0.2, -0.15) is 5.10 Å². The summed E-state index contributed by atoms with van der Waals surface area (Å²) in [7, 11) is 0. The van der Waals surface area contributed by atoms with Crippen molar-refractivity contribution in [3.8, 4) is 33.1 Å². The first-order valence-electron chi connectivity index (χ1n) is 12.0. The topological polar surface area (TPSA) is 112 Å². The largest absolute Gasteiger partial charge is 0.337 e. The van der Waals surface area contributed by atoms with E-state index in [1.54, 1.807) is 29.9 Å². The van der Waals surface area contributed by atoms with E-state index >= 15 is 0 Å². The fourth-order valence-corrected chi connectivity index (χ4v) is 5.12. The minimum absolute atomic E-state index is 0.0380. The maximum atomic E-state index is 12.4. The lowest BCUT2D eigenvalue weighted by atomic mass is 9.92. The zero-order valence-corrected chi connectivity index (χ0v) is 21.5. The van der Waals surface area contributed by atoms with Crippen molar-refractivity contribution in [2.45, 2.75) is 27.2 Å². The Bertz CT molecular complexity index is 1740. The van der Waals surface area contributed by atoms with Crippen LogP contribution >= 0.6 is 11.3 Å². The van der Waals surface area contributed by atoms with Crippen molar-refractivity contribution in [2.75, 3.05) is 5.32 Å². The number of nitrogens with one attached hydrogen (secondary N) is 3. The molecule has 3 N–H and O–H groups in total. The van der Waals surface area contributed by atoms with Crippen LogP contribution in [0.5, 0.6) is 0 Å². The Labute approximate surface area is 217 Å². The molecule has 0 bridgehead atoms. The molecule has 0 aliphatic carbocycles. The third-order valence-corrected chi connectivity index (χ3v) is 6.89. The lowest BCUT2D eigenvalue weighted by molar-refractivity contribution is -0.117. The SMILES string of the molecule is CC(C)(C)CC(=O)Nc1cncc(-c2cnc3[nH]nc(-c4nc5c(-c6cccs6)cccc5[nH]4)c3c2)c1. The number of H-pyrrole nitrogens is 2. The van der Waals surface area contributed by atoms with Gasteiger partial charge in [-0.3, -0.25) is 14.9 Å². The average Bonchev–Trinajstić information content (AvgIpc) is 3.61. The molecule has 0 spiro atoms. The van der Waals surface area contributed by atoms with Gasteiger partial charge >= 0.3 is 0 Å². The van der Waals surface area contributed by atoms with Crippen LogP contribution in [0.4, 0.5) is 5.69 Å². The second kappa shape index (κ2) is 8.94. The molecule has 6 rings (SSSR count). The van der Waals surface area contributed by atoms with Crippen molar-refractivity contribution < 1.29 is 4.79 Å². The van der Waals surface area contributed by atoms with Crippen LogP contribution in [0.1, 0.15) is 27.2 Å². The summed E-state index contributed by atoms with van der Waals surface area (Å²) in [5, 5.41) is 13.4. The van der Waals surface area contributed by atoms with E-state index in [1.807, 2.05) is 51.1 Å². The zero-order valence-electron chi connectivity index (χ0n) is 20.7. The van der Waals surface area contributed by atoms with E-state index in [4.69, 9.17) is 4.98 Å². The quantitative estimate of drug-likeness (QED) is 0.241. The molecule has 0 saturated heterocycles. The number of anilines is 1. The number of imidazole rings is 1. The normalized spacial score (nSPS) is 11.9. The maximum Gasteiger partial charge on any atom is 0.224 e. The lowest BCUT2D eigenvalue weighted by Gasteiger charge is -2.17. The van der Waals surface area contributed by atoms with Crippen LogP contribution in [0.25, 0.3) is 55.2 Å². The first kappa shape index (κ1) is 23.1. The molecule has 37 heavy (non-hydrogen) atoms. The van der Waals surface area contributed by atoms with Gasteiger partial charge in [-0.1, -0.05) is 39.0 Å². The van der Waals surface area contributed by atoms with Crippen molar-refractivity contribution >= 4 is 45.0 Å². The molecule has 0 atom stereocenters. The van der Waals surface area contributed by atoms with Crippen molar-refractivity contribution in [1.29, 1.82) is 0 Å². The summed E-state index contributed by atoms with van der Waals surface area (Å²) in [5.41, 5.74) is 6.57. The van der Waals surface area contributed by atoms with Crippen LogP contribution in [0.15, 0.2) is 66.4 Å². The Morgan fingerprint density at radius 3 is 2.73 bits per heavy atom. The minimum Gasteiger partial charge on any atom is -0.337 e. The highest BCUT2D eigenvalue weighted by atomic mass is 32.1. The Morgan fingerprint density at radius 2 is 1.92 bits per heavy atom. The molecule has 6 aromatic rings. The first-order chi connectivity index (χ1) is 17.8. The van der Waals surface area contributed by atoms with Gasteiger partial charge in [-0.05, 0) is 35.1 Å². The van der Waals surface area contributed by atoms with E-state index in [9.17, 15) is 4.79 Å². The second-order valence-corrected chi connectivity index (χ2v) is 11.2. The Kier molecular flexibility index (Phi) is 5.57. The van der Waals surface area contributed by atoms with E-state index in [2.05, 4.69) is 48.0 Å². The van der Waals surface area contributed by atoms with E-state index < -0.39 is 0 Å². The predicted molar refractivity (Wildman–Crippen MR) is 148 cm³/mol. The van der Waals surface area contributed by atoms with Gasteiger partial charge in [0.15, 0.2) is 11.5 Å². The smallest absolute Gasteiger partial charge is 0.224 e. The van der Waals surface area contributed by atoms with Crippen LogP contribution in [0, 0.1) is 5.41 Å². The summed E-state index contributed by atoms with van der Waals surface area (Å²) in [5.74, 6) is 0.634. The third-order valence-electron chi connectivity index (χ3n) is 5.99. The van der Waals surface area contributed by atoms with E-state index in [0.717, 1.165) is 33.1 Å². The summed E-state index contributed by atoms with van der Waals surface area (Å²) >= 11 is 1.69. The van der Waals surface area contributed by atoms with Crippen LogP contribution in [0.3, 0.4) is 0 Å². The van der Waals surface area contributed by atoms with Crippen molar-refractivity contribution in [1.82, 2.24) is 30.1 Å². The van der Waals surface area contributed by atoms with Gasteiger partial charge in [0.25, 0.3) is 0 Å². The molecule has 5 aromatic heterocycles. The number of aromatic nitrogens is 6. The average molecular weight is 508 g/mol. The number of carbonyl (C=O) groups is 1. The number of hydrogen-bond acceptors (Lipinski definition) is 6. The Morgan fingerprint density at radius 1 is 1.05 bits per heavy atom. The number of thiophene rings is 1. The van der Waals surface area contributed by atoms with E-state index in [1.165, 1.54) is 4.88 Å². The van der Waals surface area contributed by atoms with Gasteiger partial charge < -0.3 is 10.3 Å². The van der Waals surface area contributed by atoms with Crippen LogP contribution in [-0.4, -0.2) is 36.0 Å². The Hall–Kier alpha value is -4.37. The molecule has 0 fully saturated rings. The fourth-order valence-electron chi connectivity index (χ4n) is 4.37. The summed E-state index contributed by atoms with van der Waals surface area (Å²) in [6, 6.07) is 14.2. The maximum absolute atomic E-state index is 12.4. The summed E-state index contributed by atoms with van der Waals surface area (Å²) in [6.07, 6.45) is 5.61. The predicted octanol–water partition coefficient (Wildman–Crippen LogP) is 6.67. The molecule has 0 saturated carbocycles. The molecule has 0 radical (unpaired) electrons. The van der Waals surface area contributed by atoms with Crippen LogP contribution < -0.4 is 5.32 Å². The van der Waals surface area contributed by atoms with Gasteiger partial charge in [0.1, 0.15) is 5.69 Å². The third kappa shape index (κ3) is 4.61. The number of amides is 1. The molecule has 1 amide bonds. The number of para-hydroxylation sites is 1. The van der Waals surface area contributed by atoms with Gasteiger partial charge in [0, 0.05) is 40.4 Å². The Balaban J connectivity index is 1.36. The van der Waals surface area contributed by atoms with Crippen LogP contribution in [-0.2, 0) is 4.79 Å². The van der Waals surface area contributed by atoms with E-state index in [-0.39, 0.29) is 11.3 Å². The van der Waals surface area contributed by atoms with E-state index in [0.29, 0.717) is 29.3 Å². The minimum atomic E-state index is -0.0943. The van der Waals surface area contributed by atoms with Gasteiger partial charge in [0.05, 0.1) is 28.3 Å². The van der Waals surface area contributed by atoms with Crippen LogP contribution in [0.2, 0.25) is 0 Å². The number of fused-ring (bicyclic) bond motifs is 2. The monoisotopic (exact) mass is 507 g/mol. The number of hydrogen-bond donors (Lipinski definition) is 3. The zero-order chi connectivity index (χ0) is 25.6. The number of nitrogens with zero attached hydrogens (tertiary/aromatic N) is 4. The summed E-state index contributed by atoms with van der Waals surface area (Å²) in [6.45, 7) is 6.11. The lowest BCUT2D eigenvalue weighted by Crippen LogP contribution is -2.19. The number of benzene rings is 1. The molecule has 0 unspecified atom stereocenters. The van der Waals surface area contributed by atoms with Crippen molar-refractivity contribution in [2.24, 2.45) is 5.41 Å². The molecular formula is C28H25N7OS. The number of carbonyl (C=O) groups excluding carboxylic acids is 1. The van der Waals surface area contributed by atoms with Gasteiger partial charge in [-0.15, -0.1) is 11.3 Å². The molecular weight excluding hydrogens is 482 g/mol. The first-order valence-corrected chi connectivity index (χ1v) is 12.8. The highest BCUT2D eigenvalue weighted by Gasteiger charge is 2.18. The molecule has 184 valence electrons. The molecule has 0 aliphatic rings. The number of rotatable bonds is 5. The second-order valence-electron chi connectivity index (χ2n) is 10.2. The molecule has 1 aromatic carbocycles. The summed E-state index contributed by atoms with van der Waals surface area (Å²) < 4.78 is 0. The summed E-state index contributed by atoms with van der Waals surface area (Å²) in [4.78, 5) is 30.9. The molecule has 9 heteroatoms. The molecule has 8 nitrogen and oxygen atoms in total. The van der Waals surface area contributed by atoms with Gasteiger partial charge in [-0.25, -0.2) is 9.97 Å². The van der Waals surface area contributed by atoms with Crippen molar-refractivity contribution in [3.63, 3.8) is 0 Å². The van der Waals surface area contributed by atoms with Gasteiger partial charge in [0.2, 0.25) is 5.91 Å². The molecule has 0 aliphatic heterocycles. The highest BCUT2D eigenvalue weighted by Crippen LogP contribution is 2.34. The standard InChI is InChI=1S/C28H25N7OS/c1-28(2,3)12-23(36)31-18-10-16(13-29-15-18)17-11-20-25(34-35-26(20)30-14-17)27-32-21-7-4-6-19(24(21)33-27)22-8-5-9-37-22/h4-11,13-15H,12H2,1-3H3,(H,31,36)(H,32,33)(H,30,34,35). The highest BCUT2D eigenvalue weighted by molar-refractivity contribution is 7.13. The molecule has 5 heterocycles. The fraction of sp³-hybridized carbons (Fsp3) is 0.179. The number of aromatic amines is 2. The number of pyridine rings is 2.